The average Bonchev–Trinajstić information content (AvgIpc) is 3.09. The van der Waals surface area contributed by atoms with E-state index in [0.717, 1.165) is 44.9 Å². The van der Waals surface area contributed by atoms with Gasteiger partial charge in [0.25, 0.3) is 0 Å². The Hall–Kier alpha value is -1.77. The van der Waals surface area contributed by atoms with E-state index in [9.17, 15) is 19.0 Å². The summed E-state index contributed by atoms with van der Waals surface area (Å²) in [7, 11) is -2.66. The smallest absolute Gasteiger partial charge is 0.462 e. The summed E-state index contributed by atoms with van der Waals surface area (Å²) in [5, 5.41) is 2.81. The lowest BCUT2D eigenvalue weighted by Gasteiger charge is -2.20. The highest BCUT2D eigenvalue weighted by Gasteiger charge is 2.26. The molecule has 2 N–H and O–H groups in total. The molecule has 50 heavy (non-hydrogen) atoms. The van der Waals surface area contributed by atoms with Crippen LogP contribution in [-0.4, -0.2) is 56.3 Å². The van der Waals surface area contributed by atoms with Crippen molar-refractivity contribution in [1.29, 1.82) is 0 Å². The second kappa shape index (κ2) is 37.0. The van der Waals surface area contributed by atoms with E-state index < -0.39 is 32.5 Å². The summed E-state index contributed by atoms with van der Waals surface area (Å²) in [5.41, 5.74) is 0. The second-order valence-corrected chi connectivity index (χ2v) is 14.6. The molecule has 0 fully saturated rings. The Balaban J connectivity index is 4.34. The molecule has 0 saturated carbocycles. The highest BCUT2D eigenvalue weighted by molar-refractivity contribution is 7.47. The van der Waals surface area contributed by atoms with Crippen molar-refractivity contribution in [3.8, 4) is 0 Å². The van der Waals surface area contributed by atoms with Crippen molar-refractivity contribution in [3.05, 3.63) is 36.5 Å². The molecular formula is C40H74NO8P. The minimum absolute atomic E-state index is 0.0223. The van der Waals surface area contributed by atoms with E-state index in [1.807, 2.05) is 0 Å². The monoisotopic (exact) mass is 728 g/mol. The lowest BCUT2D eigenvalue weighted by atomic mass is 10.0. The number of allylic oxidation sites excluding steroid dienone is 6. The molecule has 0 spiro atoms. The third-order valence-corrected chi connectivity index (χ3v) is 9.25. The number of hydrogen-bond acceptors (Lipinski definition) is 8. The molecule has 2 atom stereocenters. The van der Waals surface area contributed by atoms with Gasteiger partial charge in [-0.3, -0.25) is 18.6 Å². The van der Waals surface area contributed by atoms with Crippen molar-refractivity contribution >= 4 is 19.8 Å². The standard InChI is InChI=1S/C40H74NO8P/c1-4-6-8-10-12-14-16-18-19-21-22-24-26-28-30-32-39(42)46-36-38(37-48-50(44,45)47-35-34-41-3)49-40(43)33-31-29-27-25-23-20-17-15-13-11-9-7-5-2/h12,14,18-19,22,24,38,41H,4-11,13,15-17,20-21,23,25-37H2,1-3H3,(H,44,45)/b14-12-,19-18-,24-22-. The van der Waals surface area contributed by atoms with Gasteiger partial charge in [-0.2, -0.15) is 0 Å². The molecule has 0 aromatic rings. The van der Waals surface area contributed by atoms with Gasteiger partial charge in [-0.1, -0.05) is 140 Å². The third kappa shape index (κ3) is 36.0. The Morgan fingerprint density at radius 1 is 0.620 bits per heavy atom. The quantitative estimate of drug-likeness (QED) is 0.0279. The summed E-state index contributed by atoms with van der Waals surface area (Å²) in [5.74, 6) is -0.850. The van der Waals surface area contributed by atoms with E-state index in [-0.39, 0.29) is 26.1 Å². The molecule has 0 amide bonds. The van der Waals surface area contributed by atoms with Crippen LogP contribution < -0.4 is 5.32 Å². The molecule has 0 aromatic carbocycles. The number of rotatable bonds is 37. The van der Waals surface area contributed by atoms with Crippen LogP contribution in [0.25, 0.3) is 0 Å². The van der Waals surface area contributed by atoms with Crippen molar-refractivity contribution in [3.63, 3.8) is 0 Å². The van der Waals surface area contributed by atoms with Gasteiger partial charge < -0.3 is 19.7 Å². The van der Waals surface area contributed by atoms with E-state index in [1.165, 1.54) is 83.5 Å². The molecule has 0 aromatic heterocycles. The first-order valence-electron chi connectivity index (χ1n) is 19.9. The predicted octanol–water partition coefficient (Wildman–Crippen LogP) is 10.9. The minimum Gasteiger partial charge on any atom is -0.462 e. The van der Waals surface area contributed by atoms with Crippen LogP contribution in [0.15, 0.2) is 36.5 Å². The molecule has 0 aliphatic carbocycles. The van der Waals surface area contributed by atoms with E-state index in [4.69, 9.17) is 18.5 Å². The van der Waals surface area contributed by atoms with Gasteiger partial charge in [-0.15, -0.1) is 0 Å². The minimum atomic E-state index is -4.35. The van der Waals surface area contributed by atoms with Gasteiger partial charge >= 0.3 is 19.8 Å². The molecular weight excluding hydrogens is 653 g/mol. The lowest BCUT2D eigenvalue weighted by Crippen LogP contribution is -2.29. The lowest BCUT2D eigenvalue weighted by molar-refractivity contribution is -0.161. The fourth-order valence-corrected chi connectivity index (χ4v) is 5.96. The number of phosphoric acid groups is 1. The van der Waals surface area contributed by atoms with Crippen LogP contribution in [0.3, 0.4) is 0 Å². The Morgan fingerprint density at radius 2 is 1.08 bits per heavy atom. The first-order chi connectivity index (χ1) is 24.3. The number of likely N-dealkylation sites (N-methyl/N-ethyl adjacent to an activating group) is 1. The van der Waals surface area contributed by atoms with E-state index >= 15 is 0 Å². The molecule has 0 aliphatic rings. The van der Waals surface area contributed by atoms with Gasteiger partial charge in [0.15, 0.2) is 6.10 Å². The zero-order chi connectivity index (χ0) is 36.8. The number of nitrogens with one attached hydrogen (secondary N) is 1. The van der Waals surface area contributed by atoms with Crippen LogP contribution in [0.5, 0.6) is 0 Å². The second-order valence-electron chi connectivity index (χ2n) is 13.1. The molecule has 0 bridgehead atoms. The van der Waals surface area contributed by atoms with Crippen LogP contribution in [0.1, 0.15) is 168 Å². The Kier molecular flexibility index (Phi) is 35.7. The van der Waals surface area contributed by atoms with Crippen LogP contribution in [-0.2, 0) is 32.7 Å². The van der Waals surface area contributed by atoms with Crippen molar-refractivity contribution in [2.75, 3.05) is 33.4 Å². The summed E-state index contributed by atoms with van der Waals surface area (Å²) in [6, 6.07) is 0. The molecule has 2 unspecified atom stereocenters. The Labute approximate surface area is 306 Å². The highest BCUT2D eigenvalue weighted by atomic mass is 31.2. The fraction of sp³-hybridized carbons (Fsp3) is 0.800. The first-order valence-corrected chi connectivity index (χ1v) is 21.4. The third-order valence-electron chi connectivity index (χ3n) is 8.26. The average molecular weight is 728 g/mol. The summed E-state index contributed by atoms with van der Waals surface area (Å²) in [4.78, 5) is 34.9. The number of ether oxygens (including phenoxy) is 2. The summed E-state index contributed by atoms with van der Waals surface area (Å²) in [6.45, 7) is 4.14. The molecule has 9 nitrogen and oxygen atoms in total. The van der Waals surface area contributed by atoms with Gasteiger partial charge in [0.05, 0.1) is 13.2 Å². The van der Waals surface area contributed by atoms with Crippen LogP contribution in [0.2, 0.25) is 0 Å². The topological polar surface area (TPSA) is 120 Å². The molecule has 0 aliphatic heterocycles. The van der Waals surface area contributed by atoms with Gasteiger partial charge in [-0.05, 0) is 58.4 Å². The zero-order valence-corrected chi connectivity index (χ0v) is 33.0. The molecule has 0 rings (SSSR count). The first kappa shape index (κ1) is 48.2. The highest BCUT2D eigenvalue weighted by Crippen LogP contribution is 2.43. The van der Waals surface area contributed by atoms with Crippen LogP contribution >= 0.6 is 7.82 Å². The molecule has 0 heterocycles. The number of carbonyl (C=O) groups is 2. The SMILES string of the molecule is CCCCC/C=C\C/C=C\C/C=C\CCCCC(=O)OCC(COP(=O)(O)OCCNC)OC(=O)CCCCCCCCCCCCCCC. The Bertz CT molecular complexity index is 923. The maximum Gasteiger partial charge on any atom is 0.472 e. The van der Waals surface area contributed by atoms with E-state index in [1.54, 1.807) is 7.05 Å². The zero-order valence-electron chi connectivity index (χ0n) is 32.1. The molecule has 0 radical (unpaired) electrons. The summed E-state index contributed by atoms with van der Waals surface area (Å²) in [6.07, 6.45) is 37.6. The van der Waals surface area contributed by atoms with Crippen LogP contribution in [0.4, 0.5) is 0 Å². The molecule has 0 saturated heterocycles. The summed E-state index contributed by atoms with van der Waals surface area (Å²) < 4.78 is 33.0. The van der Waals surface area contributed by atoms with Gasteiger partial charge in [0.2, 0.25) is 0 Å². The van der Waals surface area contributed by atoms with Crippen molar-refractivity contribution < 1.29 is 37.6 Å². The number of hydrogen-bond donors (Lipinski definition) is 2. The number of phosphoric ester groups is 1. The molecule has 292 valence electrons. The van der Waals surface area contributed by atoms with E-state index in [2.05, 4.69) is 55.6 Å². The van der Waals surface area contributed by atoms with Crippen molar-refractivity contribution in [2.24, 2.45) is 0 Å². The fourth-order valence-electron chi connectivity index (χ4n) is 5.21. The Morgan fingerprint density at radius 3 is 1.64 bits per heavy atom. The maximum absolute atomic E-state index is 12.6. The summed E-state index contributed by atoms with van der Waals surface area (Å²) >= 11 is 0. The van der Waals surface area contributed by atoms with Crippen molar-refractivity contribution in [2.45, 2.75) is 174 Å². The van der Waals surface area contributed by atoms with E-state index in [0.29, 0.717) is 19.4 Å². The van der Waals surface area contributed by atoms with Gasteiger partial charge in [0, 0.05) is 19.4 Å². The molecule has 10 heteroatoms. The van der Waals surface area contributed by atoms with Gasteiger partial charge in [-0.25, -0.2) is 4.57 Å². The number of unbranched alkanes of at least 4 members (excludes halogenated alkanes) is 17. The number of esters is 2. The maximum atomic E-state index is 12.6. The van der Waals surface area contributed by atoms with Gasteiger partial charge in [0.1, 0.15) is 6.61 Å². The predicted molar refractivity (Wildman–Crippen MR) is 206 cm³/mol. The van der Waals surface area contributed by atoms with Crippen LogP contribution in [0, 0.1) is 0 Å². The van der Waals surface area contributed by atoms with Crippen molar-refractivity contribution in [1.82, 2.24) is 5.32 Å². The normalized spacial score (nSPS) is 13.8. The largest absolute Gasteiger partial charge is 0.472 e. The number of carbonyl (C=O) groups excluding carboxylic acids is 2.